The number of sulfone groups is 1. The molecule has 0 aliphatic heterocycles. The van der Waals surface area contributed by atoms with Gasteiger partial charge in [-0.2, -0.15) is 13.2 Å². The van der Waals surface area contributed by atoms with Crippen LogP contribution in [0.2, 0.25) is 5.15 Å². The molecule has 10 heteroatoms. The Labute approximate surface area is 141 Å². The molecule has 0 aliphatic rings. The van der Waals surface area contributed by atoms with Crippen molar-refractivity contribution in [3.05, 3.63) is 41.2 Å². The van der Waals surface area contributed by atoms with Crippen LogP contribution in [0, 0.1) is 0 Å². The highest BCUT2D eigenvalue weighted by Crippen LogP contribution is 2.34. The highest BCUT2D eigenvalue weighted by molar-refractivity contribution is 7.92. The van der Waals surface area contributed by atoms with E-state index in [1.54, 1.807) is 12.1 Å². The summed E-state index contributed by atoms with van der Waals surface area (Å²) in [5.41, 5.74) is -1.01. The summed E-state index contributed by atoms with van der Waals surface area (Å²) in [7, 11) is -3.60. The van der Waals surface area contributed by atoms with Gasteiger partial charge in [0, 0.05) is 6.20 Å². The van der Waals surface area contributed by atoms with E-state index >= 15 is 0 Å². The van der Waals surface area contributed by atoms with Gasteiger partial charge in [-0.05, 0) is 26.0 Å². The minimum atomic E-state index is -4.67. The van der Waals surface area contributed by atoms with Crippen LogP contribution in [0.3, 0.4) is 0 Å². The molecular formula is C14H13ClF3N3O2S. The summed E-state index contributed by atoms with van der Waals surface area (Å²) >= 11 is 5.53. The molecule has 0 bridgehead atoms. The number of hydrogen-bond acceptors (Lipinski definition) is 5. The molecule has 0 atom stereocenters. The summed E-state index contributed by atoms with van der Waals surface area (Å²) < 4.78 is 62.6. The molecule has 0 spiro atoms. The van der Waals surface area contributed by atoms with E-state index in [0.717, 1.165) is 0 Å². The second-order valence-corrected chi connectivity index (χ2v) is 7.94. The maximum Gasteiger partial charge on any atom is 0.420 e. The van der Waals surface area contributed by atoms with Gasteiger partial charge in [0.05, 0.1) is 15.8 Å². The second-order valence-electron chi connectivity index (χ2n) is 5.11. The molecule has 0 radical (unpaired) electrons. The number of halogens is 4. The van der Waals surface area contributed by atoms with E-state index in [2.05, 4.69) is 15.3 Å². The summed E-state index contributed by atoms with van der Waals surface area (Å²) in [6.45, 7) is 3.05. The van der Waals surface area contributed by atoms with Gasteiger partial charge in [0.15, 0.2) is 9.84 Å². The number of alkyl halides is 3. The van der Waals surface area contributed by atoms with Gasteiger partial charge in [0.2, 0.25) is 5.95 Å². The van der Waals surface area contributed by atoms with Gasteiger partial charge in [-0.25, -0.2) is 18.4 Å². The van der Waals surface area contributed by atoms with E-state index in [0.29, 0.717) is 6.20 Å². The number of anilines is 2. The Morgan fingerprint density at radius 2 is 1.83 bits per heavy atom. The average molecular weight is 380 g/mol. The number of para-hydroxylation sites is 1. The summed E-state index contributed by atoms with van der Waals surface area (Å²) in [6.07, 6.45) is -4.13. The molecule has 1 aromatic carbocycles. The molecule has 1 N–H and O–H groups in total. The Morgan fingerprint density at radius 1 is 1.21 bits per heavy atom. The largest absolute Gasteiger partial charge is 0.420 e. The van der Waals surface area contributed by atoms with Crippen LogP contribution in [0.5, 0.6) is 0 Å². The molecule has 1 heterocycles. The summed E-state index contributed by atoms with van der Waals surface area (Å²) in [6, 6.07) is 5.97. The topological polar surface area (TPSA) is 72.0 Å². The number of rotatable bonds is 4. The van der Waals surface area contributed by atoms with Crippen molar-refractivity contribution in [2.24, 2.45) is 0 Å². The summed E-state index contributed by atoms with van der Waals surface area (Å²) in [5, 5.41) is 1.16. The lowest BCUT2D eigenvalue weighted by molar-refractivity contribution is -0.137. The molecule has 1 aromatic heterocycles. The zero-order valence-electron chi connectivity index (χ0n) is 12.6. The first-order valence-corrected chi connectivity index (χ1v) is 8.65. The van der Waals surface area contributed by atoms with Crippen molar-refractivity contribution in [1.29, 1.82) is 0 Å². The SMILES string of the molecule is CC(C)S(=O)(=O)c1ccccc1Nc1ncc(C(F)(F)F)c(Cl)n1. The predicted molar refractivity (Wildman–Crippen MR) is 84.1 cm³/mol. The number of nitrogens with one attached hydrogen (secondary N) is 1. The van der Waals surface area contributed by atoms with E-state index in [1.165, 1.54) is 26.0 Å². The molecule has 5 nitrogen and oxygen atoms in total. The smallest absolute Gasteiger partial charge is 0.323 e. The highest BCUT2D eigenvalue weighted by atomic mass is 35.5. The number of benzene rings is 1. The standard InChI is InChI=1S/C14H13ClF3N3O2S/c1-8(2)24(22,23)11-6-4-3-5-10(11)20-13-19-7-9(12(15)21-13)14(16,17)18/h3-8H,1-2H3,(H,19,20,21). The lowest BCUT2D eigenvalue weighted by Gasteiger charge is -2.14. The third-order valence-electron chi connectivity index (χ3n) is 3.11. The minimum absolute atomic E-state index is 0.000352. The maximum atomic E-state index is 12.7. The second kappa shape index (κ2) is 6.56. The first-order chi connectivity index (χ1) is 11.0. The Morgan fingerprint density at radius 3 is 2.38 bits per heavy atom. The van der Waals surface area contributed by atoms with E-state index in [-0.39, 0.29) is 16.5 Å². The molecule has 0 amide bonds. The van der Waals surface area contributed by atoms with Crippen molar-refractivity contribution < 1.29 is 21.6 Å². The fourth-order valence-corrected chi connectivity index (χ4v) is 3.24. The molecule has 0 aliphatic carbocycles. The fraction of sp³-hybridized carbons (Fsp3) is 0.286. The lowest BCUT2D eigenvalue weighted by Crippen LogP contribution is -2.16. The molecule has 24 heavy (non-hydrogen) atoms. The molecule has 2 rings (SSSR count). The van der Waals surface area contributed by atoms with Crippen molar-refractivity contribution >= 4 is 33.1 Å². The van der Waals surface area contributed by atoms with Crippen LogP contribution in [0.4, 0.5) is 24.8 Å². The highest BCUT2D eigenvalue weighted by Gasteiger charge is 2.34. The molecule has 2 aromatic rings. The van der Waals surface area contributed by atoms with Crippen LogP contribution in [0.1, 0.15) is 19.4 Å². The summed E-state index contributed by atoms with van der Waals surface area (Å²) in [4.78, 5) is 7.08. The average Bonchev–Trinajstić information content (AvgIpc) is 2.46. The zero-order chi connectivity index (χ0) is 18.1. The lowest BCUT2D eigenvalue weighted by atomic mass is 10.3. The monoisotopic (exact) mass is 379 g/mol. The first kappa shape index (κ1) is 18.5. The fourth-order valence-electron chi connectivity index (χ4n) is 1.80. The van der Waals surface area contributed by atoms with E-state index in [1.807, 2.05) is 0 Å². The van der Waals surface area contributed by atoms with Crippen LogP contribution in [-0.2, 0) is 16.0 Å². The Balaban J connectivity index is 2.42. The van der Waals surface area contributed by atoms with E-state index in [9.17, 15) is 21.6 Å². The third-order valence-corrected chi connectivity index (χ3v) is 5.61. The van der Waals surface area contributed by atoms with Gasteiger partial charge in [-0.3, -0.25) is 0 Å². The molecule has 0 saturated heterocycles. The molecule has 0 fully saturated rings. The van der Waals surface area contributed by atoms with Crippen LogP contribution >= 0.6 is 11.6 Å². The van der Waals surface area contributed by atoms with Crippen LogP contribution in [0.15, 0.2) is 35.4 Å². The normalized spacial score (nSPS) is 12.5. The Bertz CT molecular complexity index is 855. The van der Waals surface area contributed by atoms with Crippen molar-refractivity contribution in [3.8, 4) is 0 Å². The zero-order valence-corrected chi connectivity index (χ0v) is 14.2. The van der Waals surface area contributed by atoms with Crippen molar-refractivity contribution in [2.45, 2.75) is 30.2 Å². The molecule has 130 valence electrons. The maximum absolute atomic E-state index is 12.7. The molecular weight excluding hydrogens is 367 g/mol. The quantitative estimate of drug-likeness (QED) is 0.810. The van der Waals surface area contributed by atoms with Gasteiger partial charge < -0.3 is 5.32 Å². The van der Waals surface area contributed by atoms with E-state index in [4.69, 9.17) is 11.6 Å². The minimum Gasteiger partial charge on any atom is -0.323 e. The van der Waals surface area contributed by atoms with Crippen LogP contribution in [0.25, 0.3) is 0 Å². The third kappa shape index (κ3) is 3.78. The van der Waals surface area contributed by atoms with Gasteiger partial charge in [0.25, 0.3) is 0 Å². The van der Waals surface area contributed by atoms with E-state index < -0.39 is 32.0 Å². The van der Waals surface area contributed by atoms with Gasteiger partial charge >= 0.3 is 6.18 Å². The molecule has 0 unspecified atom stereocenters. The van der Waals surface area contributed by atoms with Crippen molar-refractivity contribution in [1.82, 2.24) is 9.97 Å². The van der Waals surface area contributed by atoms with Crippen LogP contribution < -0.4 is 5.32 Å². The Hall–Kier alpha value is -1.87. The predicted octanol–water partition coefficient (Wildman–Crippen LogP) is 4.07. The van der Waals surface area contributed by atoms with Gasteiger partial charge in [0.1, 0.15) is 10.7 Å². The van der Waals surface area contributed by atoms with Gasteiger partial charge in [-0.1, -0.05) is 23.7 Å². The molecule has 0 saturated carbocycles. The van der Waals surface area contributed by atoms with Gasteiger partial charge in [-0.15, -0.1) is 0 Å². The van der Waals surface area contributed by atoms with Crippen molar-refractivity contribution in [3.63, 3.8) is 0 Å². The Kier molecular flexibility index (Phi) is 5.05. The van der Waals surface area contributed by atoms with Crippen LogP contribution in [-0.4, -0.2) is 23.6 Å². The first-order valence-electron chi connectivity index (χ1n) is 6.73. The number of hydrogen-bond donors (Lipinski definition) is 1. The van der Waals surface area contributed by atoms with Crippen molar-refractivity contribution in [2.75, 3.05) is 5.32 Å². The summed E-state index contributed by atoms with van der Waals surface area (Å²) in [5.74, 6) is -0.237. The number of nitrogens with zero attached hydrogens (tertiary/aromatic N) is 2. The number of aromatic nitrogens is 2.